The van der Waals surface area contributed by atoms with Gasteiger partial charge in [-0.2, -0.15) is 0 Å². The monoisotopic (exact) mass is 198 g/mol. The molecular weight excluding hydrogens is 180 g/mol. The zero-order valence-corrected chi connectivity index (χ0v) is 9.20. The minimum absolute atomic E-state index is 0.0991. The molecule has 0 radical (unpaired) electrons. The Balaban J connectivity index is 3.02. The second-order valence-electron chi connectivity index (χ2n) is 4.61. The molecule has 1 rings (SSSR count). The number of nitrogens with zero attached hydrogens (tertiary/aromatic N) is 1. The summed E-state index contributed by atoms with van der Waals surface area (Å²) in [5.74, 6) is -0.627. The molecule has 1 saturated heterocycles. The average Bonchev–Trinajstić information content (AvgIpc) is 2.31. The van der Waals surface area contributed by atoms with Crippen LogP contribution in [0.2, 0.25) is 0 Å². The summed E-state index contributed by atoms with van der Waals surface area (Å²) in [6, 6.07) is 0. The van der Waals surface area contributed by atoms with Crippen LogP contribution < -0.4 is 5.73 Å². The summed E-state index contributed by atoms with van der Waals surface area (Å²) in [6.07, 6.45) is 0. The third-order valence-corrected chi connectivity index (χ3v) is 3.07. The van der Waals surface area contributed by atoms with Crippen LogP contribution >= 0.6 is 0 Å². The lowest BCUT2D eigenvalue weighted by Gasteiger charge is -2.32. The van der Waals surface area contributed by atoms with Crippen LogP contribution in [-0.4, -0.2) is 28.8 Å². The molecule has 80 valence electrons. The molecular formula is C10H18N2O2. The van der Waals surface area contributed by atoms with Gasteiger partial charge in [0.05, 0.1) is 5.54 Å². The molecule has 0 aromatic rings. The average molecular weight is 198 g/mol. The number of carbonyl (C=O) groups is 2. The van der Waals surface area contributed by atoms with Crippen molar-refractivity contribution in [3.05, 3.63) is 0 Å². The zero-order chi connectivity index (χ0) is 11.1. The summed E-state index contributed by atoms with van der Waals surface area (Å²) in [5.41, 5.74) is 4.99. The molecule has 0 aromatic carbocycles. The third-order valence-electron chi connectivity index (χ3n) is 3.07. The number of amides is 2. The Morgan fingerprint density at radius 1 is 1.21 bits per heavy atom. The normalized spacial score (nSPS) is 28.8. The van der Waals surface area contributed by atoms with Gasteiger partial charge in [-0.3, -0.25) is 14.5 Å². The first-order chi connectivity index (χ1) is 6.33. The van der Waals surface area contributed by atoms with E-state index in [1.807, 2.05) is 13.8 Å². The van der Waals surface area contributed by atoms with Gasteiger partial charge in [0.15, 0.2) is 0 Å². The molecule has 1 fully saturated rings. The van der Waals surface area contributed by atoms with Crippen LogP contribution in [0.3, 0.4) is 0 Å². The van der Waals surface area contributed by atoms with Gasteiger partial charge in [-0.15, -0.1) is 0 Å². The van der Waals surface area contributed by atoms with Crippen molar-refractivity contribution in [2.75, 3.05) is 6.54 Å². The number of hydrogen-bond acceptors (Lipinski definition) is 3. The second-order valence-corrected chi connectivity index (χ2v) is 4.61. The molecule has 1 aliphatic rings. The van der Waals surface area contributed by atoms with Gasteiger partial charge in [0, 0.05) is 18.4 Å². The standard InChI is InChI=1S/C10H18N2O2/c1-6-7(2)9(14)12(8(6)13)10(3,4)5-11/h6-7H,5,11H2,1-4H3. The van der Waals surface area contributed by atoms with E-state index in [9.17, 15) is 9.59 Å². The van der Waals surface area contributed by atoms with Gasteiger partial charge in [-0.25, -0.2) is 0 Å². The van der Waals surface area contributed by atoms with Crippen LogP contribution in [0, 0.1) is 11.8 Å². The Bertz CT molecular complexity index is 253. The molecule has 0 aromatic heterocycles. The number of imide groups is 1. The number of rotatable bonds is 2. The molecule has 0 bridgehead atoms. The number of carbonyl (C=O) groups excluding carboxylic acids is 2. The molecule has 0 aliphatic carbocycles. The SMILES string of the molecule is CC1C(=O)N(C(C)(C)CN)C(=O)C1C. The van der Waals surface area contributed by atoms with Crippen LogP contribution in [0.4, 0.5) is 0 Å². The minimum atomic E-state index is -0.562. The smallest absolute Gasteiger partial charge is 0.233 e. The highest BCUT2D eigenvalue weighted by Gasteiger charge is 2.47. The van der Waals surface area contributed by atoms with E-state index < -0.39 is 5.54 Å². The van der Waals surface area contributed by atoms with Crippen molar-refractivity contribution < 1.29 is 9.59 Å². The van der Waals surface area contributed by atoms with Crippen molar-refractivity contribution in [2.24, 2.45) is 17.6 Å². The summed E-state index contributed by atoms with van der Waals surface area (Å²) < 4.78 is 0. The van der Waals surface area contributed by atoms with Crippen LogP contribution in [-0.2, 0) is 9.59 Å². The van der Waals surface area contributed by atoms with E-state index in [0.717, 1.165) is 0 Å². The van der Waals surface area contributed by atoms with E-state index >= 15 is 0 Å². The van der Waals surface area contributed by atoms with Crippen LogP contribution in [0.15, 0.2) is 0 Å². The fraction of sp³-hybridized carbons (Fsp3) is 0.800. The van der Waals surface area contributed by atoms with Gasteiger partial charge >= 0.3 is 0 Å². The maximum atomic E-state index is 11.8. The minimum Gasteiger partial charge on any atom is -0.328 e. The zero-order valence-electron chi connectivity index (χ0n) is 9.20. The van der Waals surface area contributed by atoms with Gasteiger partial charge in [0.25, 0.3) is 0 Å². The predicted molar refractivity (Wildman–Crippen MR) is 53.3 cm³/mol. The van der Waals surface area contributed by atoms with Gasteiger partial charge in [0.2, 0.25) is 11.8 Å². The molecule has 2 N–H and O–H groups in total. The molecule has 2 amide bonds. The van der Waals surface area contributed by atoms with E-state index in [0.29, 0.717) is 6.54 Å². The first-order valence-electron chi connectivity index (χ1n) is 4.91. The van der Waals surface area contributed by atoms with Crippen LogP contribution in [0.25, 0.3) is 0 Å². The Hall–Kier alpha value is -0.900. The Morgan fingerprint density at radius 3 is 1.86 bits per heavy atom. The molecule has 0 spiro atoms. The summed E-state index contributed by atoms with van der Waals surface area (Å²) in [7, 11) is 0. The lowest BCUT2D eigenvalue weighted by atomic mass is 10.00. The van der Waals surface area contributed by atoms with Crippen molar-refractivity contribution in [3.63, 3.8) is 0 Å². The van der Waals surface area contributed by atoms with Crippen LogP contribution in [0.1, 0.15) is 27.7 Å². The van der Waals surface area contributed by atoms with Crippen LogP contribution in [0.5, 0.6) is 0 Å². The van der Waals surface area contributed by atoms with Gasteiger partial charge in [0.1, 0.15) is 0 Å². The van der Waals surface area contributed by atoms with E-state index in [1.54, 1.807) is 13.8 Å². The predicted octanol–water partition coefficient (Wildman–Crippen LogP) is 0.365. The second kappa shape index (κ2) is 3.35. The molecule has 1 heterocycles. The van der Waals surface area contributed by atoms with E-state index in [4.69, 9.17) is 5.73 Å². The highest BCUT2D eigenvalue weighted by Crippen LogP contribution is 2.30. The van der Waals surface area contributed by atoms with Gasteiger partial charge in [-0.1, -0.05) is 13.8 Å². The Labute approximate surface area is 84.4 Å². The summed E-state index contributed by atoms with van der Waals surface area (Å²) in [4.78, 5) is 24.9. The number of nitrogens with two attached hydrogens (primary N) is 1. The fourth-order valence-corrected chi connectivity index (χ4v) is 1.63. The first kappa shape index (κ1) is 11.2. The van der Waals surface area contributed by atoms with Crippen molar-refractivity contribution in [2.45, 2.75) is 33.2 Å². The molecule has 1 aliphatic heterocycles. The van der Waals surface area contributed by atoms with E-state index in [1.165, 1.54) is 4.90 Å². The molecule has 0 saturated carbocycles. The quantitative estimate of drug-likeness (QED) is 0.652. The Kier molecular flexibility index (Phi) is 2.67. The molecule has 2 unspecified atom stereocenters. The van der Waals surface area contributed by atoms with Crippen molar-refractivity contribution in [1.82, 2.24) is 4.90 Å². The first-order valence-corrected chi connectivity index (χ1v) is 4.91. The highest BCUT2D eigenvalue weighted by atomic mass is 16.2. The van der Waals surface area contributed by atoms with Crippen molar-refractivity contribution in [3.8, 4) is 0 Å². The van der Waals surface area contributed by atoms with Crippen molar-refractivity contribution in [1.29, 1.82) is 0 Å². The van der Waals surface area contributed by atoms with E-state index in [-0.39, 0.29) is 23.7 Å². The van der Waals surface area contributed by atoms with Gasteiger partial charge < -0.3 is 5.73 Å². The highest BCUT2D eigenvalue weighted by molar-refractivity contribution is 6.05. The molecule has 4 nitrogen and oxygen atoms in total. The topological polar surface area (TPSA) is 63.4 Å². The Morgan fingerprint density at radius 2 is 1.57 bits per heavy atom. The lowest BCUT2D eigenvalue weighted by molar-refractivity contribution is -0.145. The number of hydrogen-bond donors (Lipinski definition) is 1. The maximum absolute atomic E-state index is 11.8. The maximum Gasteiger partial charge on any atom is 0.233 e. The summed E-state index contributed by atoms with van der Waals surface area (Å²) >= 11 is 0. The summed E-state index contributed by atoms with van der Waals surface area (Å²) in [6.45, 7) is 7.50. The van der Waals surface area contributed by atoms with Gasteiger partial charge in [-0.05, 0) is 13.8 Å². The molecule has 4 heteroatoms. The molecule has 14 heavy (non-hydrogen) atoms. The fourth-order valence-electron chi connectivity index (χ4n) is 1.63. The van der Waals surface area contributed by atoms with Crippen molar-refractivity contribution >= 4 is 11.8 Å². The third kappa shape index (κ3) is 1.43. The van der Waals surface area contributed by atoms with E-state index in [2.05, 4.69) is 0 Å². The lowest BCUT2D eigenvalue weighted by Crippen LogP contribution is -2.52. The summed E-state index contributed by atoms with van der Waals surface area (Å²) in [5, 5.41) is 0. The molecule has 2 atom stereocenters. The largest absolute Gasteiger partial charge is 0.328 e. The number of likely N-dealkylation sites (tertiary alicyclic amines) is 1.